The zero-order chi connectivity index (χ0) is 21.1. The summed E-state index contributed by atoms with van der Waals surface area (Å²) < 4.78 is 8.36. The first-order valence-corrected chi connectivity index (χ1v) is 9.65. The number of aromatic nitrogens is 5. The summed E-state index contributed by atoms with van der Waals surface area (Å²) in [6, 6.07) is 18.1. The van der Waals surface area contributed by atoms with Gasteiger partial charge >= 0.3 is 0 Å². The molecular weight excluding hydrogens is 394 g/mol. The smallest absolute Gasteiger partial charge is 0.273 e. The number of methoxy groups -OCH3 is 1. The van der Waals surface area contributed by atoms with Gasteiger partial charge in [-0.05, 0) is 48.5 Å². The van der Waals surface area contributed by atoms with Crippen molar-refractivity contribution in [3.63, 3.8) is 0 Å². The molecule has 0 fully saturated rings. The molecule has 0 aliphatic carbocycles. The Kier molecular flexibility index (Phi) is 3.52. The fourth-order valence-corrected chi connectivity index (χ4v) is 3.98. The van der Waals surface area contributed by atoms with Gasteiger partial charge in [-0.15, -0.1) is 0 Å². The average molecular weight is 409 g/mol. The van der Waals surface area contributed by atoms with Crippen molar-refractivity contribution in [3.8, 4) is 11.4 Å². The highest BCUT2D eigenvalue weighted by Crippen LogP contribution is 2.28. The van der Waals surface area contributed by atoms with E-state index >= 15 is 0 Å². The molecule has 31 heavy (non-hydrogen) atoms. The van der Waals surface area contributed by atoms with Crippen molar-refractivity contribution < 1.29 is 4.74 Å². The van der Waals surface area contributed by atoms with Gasteiger partial charge in [-0.2, -0.15) is 0 Å². The molecule has 0 amide bonds. The van der Waals surface area contributed by atoms with Gasteiger partial charge in [0.25, 0.3) is 11.1 Å². The number of nitrogens with zero attached hydrogens (tertiary/aromatic N) is 4. The maximum atomic E-state index is 13.5. The largest absolute Gasteiger partial charge is 0.497 e. The van der Waals surface area contributed by atoms with E-state index in [-0.39, 0.29) is 16.6 Å². The second-order valence-corrected chi connectivity index (χ2v) is 7.16. The molecular formula is C23H15N5O3. The monoisotopic (exact) mass is 409 g/mol. The highest BCUT2D eigenvalue weighted by molar-refractivity contribution is 6.05. The van der Waals surface area contributed by atoms with E-state index in [1.165, 1.54) is 4.40 Å². The number of hydrogen-bond donors (Lipinski definition) is 1. The van der Waals surface area contributed by atoms with Crippen LogP contribution in [-0.2, 0) is 0 Å². The molecule has 2 aromatic carbocycles. The van der Waals surface area contributed by atoms with Crippen LogP contribution in [0.3, 0.4) is 0 Å². The standard InChI is InChI=1S/C23H15N5O3/c1-31-14-10-8-13(9-11-14)28-20-18(23(30)27-12-4-7-17(27)22(29)26-20)19-21(28)25-16-6-3-2-5-15(16)24-19/h2-12H,1H3,(H,26,29). The van der Waals surface area contributed by atoms with Crippen LogP contribution >= 0.6 is 0 Å². The summed E-state index contributed by atoms with van der Waals surface area (Å²) in [5.74, 6) is 0.693. The van der Waals surface area contributed by atoms with Crippen molar-refractivity contribution in [3.05, 3.63) is 87.6 Å². The minimum absolute atomic E-state index is 0.268. The third-order valence-electron chi connectivity index (χ3n) is 5.44. The lowest BCUT2D eigenvalue weighted by molar-refractivity contribution is 0.415. The Morgan fingerprint density at radius 3 is 2.39 bits per heavy atom. The van der Waals surface area contributed by atoms with E-state index in [2.05, 4.69) is 4.98 Å². The minimum atomic E-state index is -0.376. The molecule has 0 aliphatic heterocycles. The predicted molar refractivity (Wildman–Crippen MR) is 118 cm³/mol. The lowest BCUT2D eigenvalue weighted by Gasteiger charge is -2.07. The number of rotatable bonds is 2. The Labute approximate surface area is 174 Å². The number of aromatic amines is 1. The van der Waals surface area contributed by atoms with Crippen molar-refractivity contribution in [2.75, 3.05) is 7.11 Å². The third kappa shape index (κ3) is 2.42. The number of fused-ring (bicyclic) bond motifs is 5. The second-order valence-electron chi connectivity index (χ2n) is 7.16. The van der Waals surface area contributed by atoms with Crippen LogP contribution in [0.4, 0.5) is 0 Å². The van der Waals surface area contributed by atoms with E-state index in [9.17, 15) is 9.59 Å². The van der Waals surface area contributed by atoms with E-state index < -0.39 is 0 Å². The average Bonchev–Trinajstić information content (AvgIpc) is 3.38. The molecule has 6 rings (SSSR count). The van der Waals surface area contributed by atoms with Gasteiger partial charge in [0.05, 0.1) is 18.1 Å². The van der Waals surface area contributed by atoms with Gasteiger partial charge in [0.1, 0.15) is 27.8 Å². The Morgan fingerprint density at radius 2 is 1.65 bits per heavy atom. The summed E-state index contributed by atoms with van der Waals surface area (Å²) in [5.41, 5.74) is 2.89. The van der Waals surface area contributed by atoms with Gasteiger partial charge in [0.2, 0.25) is 0 Å². The molecule has 8 nitrogen and oxygen atoms in total. The Balaban J connectivity index is 1.90. The summed E-state index contributed by atoms with van der Waals surface area (Å²) in [4.78, 5) is 38.9. The topological polar surface area (TPSA) is 94.3 Å². The summed E-state index contributed by atoms with van der Waals surface area (Å²) in [5, 5.41) is 0.298. The van der Waals surface area contributed by atoms with Crippen LogP contribution in [0.5, 0.6) is 5.75 Å². The van der Waals surface area contributed by atoms with Crippen LogP contribution in [0.25, 0.3) is 44.4 Å². The van der Waals surface area contributed by atoms with Crippen LogP contribution in [0.1, 0.15) is 0 Å². The highest BCUT2D eigenvalue weighted by Gasteiger charge is 2.20. The van der Waals surface area contributed by atoms with Crippen molar-refractivity contribution >= 4 is 38.7 Å². The quantitative estimate of drug-likeness (QED) is 0.474. The molecule has 0 spiro atoms. The molecule has 8 heteroatoms. The molecule has 0 bridgehead atoms. The molecule has 0 atom stereocenters. The van der Waals surface area contributed by atoms with Gasteiger partial charge in [0.15, 0.2) is 5.65 Å². The first kappa shape index (κ1) is 17.4. The number of para-hydroxylation sites is 2. The first-order chi connectivity index (χ1) is 15.2. The number of H-pyrrole nitrogens is 1. The number of nitrogens with one attached hydrogen (secondary N) is 1. The van der Waals surface area contributed by atoms with Crippen LogP contribution in [-0.4, -0.2) is 31.0 Å². The molecule has 4 heterocycles. The summed E-state index contributed by atoms with van der Waals surface area (Å²) in [7, 11) is 1.59. The molecule has 0 saturated heterocycles. The number of benzene rings is 2. The molecule has 0 radical (unpaired) electrons. The van der Waals surface area contributed by atoms with Gasteiger partial charge in [-0.3, -0.25) is 18.6 Å². The summed E-state index contributed by atoms with van der Waals surface area (Å²) in [6.45, 7) is 0. The molecule has 150 valence electrons. The normalized spacial score (nSPS) is 11.6. The molecule has 6 aromatic rings. The van der Waals surface area contributed by atoms with Gasteiger partial charge in [-0.25, -0.2) is 9.97 Å². The Bertz CT molecular complexity index is 1760. The van der Waals surface area contributed by atoms with E-state index in [1.54, 1.807) is 30.0 Å². The van der Waals surface area contributed by atoms with Crippen LogP contribution in [0, 0.1) is 0 Å². The number of hydrogen-bond acceptors (Lipinski definition) is 5. The molecule has 0 saturated carbocycles. The maximum absolute atomic E-state index is 13.5. The van der Waals surface area contributed by atoms with Crippen molar-refractivity contribution in [2.45, 2.75) is 0 Å². The van der Waals surface area contributed by atoms with Crippen molar-refractivity contribution in [2.24, 2.45) is 0 Å². The van der Waals surface area contributed by atoms with E-state index in [0.29, 0.717) is 39.0 Å². The van der Waals surface area contributed by atoms with Crippen molar-refractivity contribution in [1.29, 1.82) is 0 Å². The Morgan fingerprint density at radius 1 is 0.903 bits per heavy atom. The van der Waals surface area contributed by atoms with Gasteiger partial charge in [0, 0.05) is 11.9 Å². The third-order valence-corrected chi connectivity index (χ3v) is 5.44. The second kappa shape index (κ2) is 6.27. The molecule has 4 aromatic heterocycles. The lowest BCUT2D eigenvalue weighted by Crippen LogP contribution is -2.11. The molecule has 0 unspecified atom stereocenters. The fourth-order valence-electron chi connectivity index (χ4n) is 3.98. The molecule has 0 aliphatic rings. The van der Waals surface area contributed by atoms with E-state index in [0.717, 1.165) is 5.69 Å². The molecule has 1 N–H and O–H groups in total. The lowest BCUT2D eigenvalue weighted by atomic mass is 10.3. The van der Waals surface area contributed by atoms with Gasteiger partial charge in [-0.1, -0.05) is 12.1 Å². The predicted octanol–water partition coefficient (Wildman–Crippen LogP) is 3.04. The van der Waals surface area contributed by atoms with Crippen LogP contribution in [0.2, 0.25) is 0 Å². The van der Waals surface area contributed by atoms with Crippen LogP contribution < -0.4 is 15.9 Å². The zero-order valence-electron chi connectivity index (χ0n) is 16.4. The van der Waals surface area contributed by atoms with Gasteiger partial charge < -0.3 is 9.72 Å². The van der Waals surface area contributed by atoms with Crippen molar-refractivity contribution in [1.82, 2.24) is 23.9 Å². The SMILES string of the molecule is COc1ccc(-n2c3nc4ccccc4nc3c3c(=O)n4cccc4c(=O)[nH]c32)cc1. The van der Waals surface area contributed by atoms with E-state index in [1.807, 2.05) is 48.5 Å². The maximum Gasteiger partial charge on any atom is 0.273 e. The summed E-state index contributed by atoms with van der Waals surface area (Å²) in [6.07, 6.45) is 1.58. The first-order valence-electron chi connectivity index (χ1n) is 9.65. The van der Waals surface area contributed by atoms with Crippen LogP contribution in [0.15, 0.2) is 76.4 Å². The zero-order valence-corrected chi connectivity index (χ0v) is 16.4. The highest BCUT2D eigenvalue weighted by atomic mass is 16.5. The number of ether oxygens (including phenoxy) is 1. The Hall–Kier alpha value is -4.46. The summed E-state index contributed by atoms with van der Waals surface area (Å²) >= 11 is 0. The van der Waals surface area contributed by atoms with E-state index in [4.69, 9.17) is 14.7 Å². The fraction of sp³-hybridized carbons (Fsp3) is 0.0435. The minimum Gasteiger partial charge on any atom is -0.497 e.